The van der Waals surface area contributed by atoms with Crippen LogP contribution < -0.4 is 15.1 Å². The van der Waals surface area contributed by atoms with Gasteiger partial charge >= 0.3 is 0 Å². The molecule has 0 spiro atoms. The number of halogens is 1. The standard InChI is InChI=1S/C22H24ClN5/c1-16-4-3-5-19(14-16)27-10-12-28(13-11-27)21-8-9-24-22(26-21)25-18-7-6-17(2)20(23)15-18/h3-9,14-15H,10-13H2,1-2H3,(H,24,25,26). The molecule has 1 aliphatic rings. The van der Waals surface area contributed by atoms with Crippen LogP contribution in [0.25, 0.3) is 0 Å². The number of hydrogen-bond donors (Lipinski definition) is 1. The summed E-state index contributed by atoms with van der Waals surface area (Å²) in [5.74, 6) is 1.53. The van der Waals surface area contributed by atoms with Crippen LogP contribution >= 0.6 is 11.6 Å². The Morgan fingerprint density at radius 2 is 1.71 bits per heavy atom. The van der Waals surface area contributed by atoms with Crippen molar-refractivity contribution in [2.45, 2.75) is 13.8 Å². The largest absolute Gasteiger partial charge is 0.368 e. The van der Waals surface area contributed by atoms with E-state index in [2.05, 4.69) is 51.3 Å². The summed E-state index contributed by atoms with van der Waals surface area (Å²) in [7, 11) is 0. The van der Waals surface area contributed by atoms with E-state index in [0.717, 1.165) is 48.3 Å². The molecule has 0 amide bonds. The molecule has 0 saturated carbocycles. The molecule has 2 heterocycles. The summed E-state index contributed by atoms with van der Waals surface area (Å²) in [6.45, 7) is 7.94. The van der Waals surface area contributed by atoms with Gasteiger partial charge in [0.25, 0.3) is 0 Å². The molecule has 2 aromatic carbocycles. The number of anilines is 4. The molecule has 3 aromatic rings. The van der Waals surface area contributed by atoms with Crippen LogP contribution in [0.3, 0.4) is 0 Å². The van der Waals surface area contributed by atoms with Crippen molar-refractivity contribution in [3.05, 3.63) is 70.9 Å². The lowest BCUT2D eigenvalue weighted by molar-refractivity contribution is 0.647. The van der Waals surface area contributed by atoms with Crippen LogP contribution in [0.4, 0.5) is 23.1 Å². The van der Waals surface area contributed by atoms with Crippen molar-refractivity contribution in [3.63, 3.8) is 0 Å². The molecule has 0 aliphatic carbocycles. The van der Waals surface area contributed by atoms with Gasteiger partial charge in [-0.1, -0.05) is 29.8 Å². The molecular weight excluding hydrogens is 370 g/mol. The van der Waals surface area contributed by atoms with Crippen LogP contribution in [0, 0.1) is 13.8 Å². The Morgan fingerprint density at radius 3 is 2.46 bits per heavy atom. The first kappa shape index (κ1) is 18.6. The van der Waals surface area contributed by atoms with Gasteiger partial charge in [-0.25, -0.2) is 4.98 Å². The van der Waals surface area contributed by atoms with Crippen LogP contribution in [0.1, 0.15) is 11.1 Å². The normalized spacial score (nSPS) is 14.2. The SMILES string of the molecule is Cc1cccc(N2CCN(c3ccnc(Nc4ccc(C)c(Cl)c4)n3)CC2)c1. The minimum absolute atomic E-state index is 0.582. The molecule has 1 saturated heterocycles. The smallest absolute Gasteiger partial charge is 0.229 e. The van der Waals surface area contributed by atoms with E-state index < -0.39 is 0 Å². The predicted octanol–water partition coefficient (Wildman–Crippen LogP) is 4.82. The van der Waals surface area contributed by atoms with E-state index in [0.29, 0.717) is 5.95 Å². The third-order valence-electron chi connectivity index (χ3n) is 5.04. The molecule has 4 rings (SSSR count). The third kappa shape index (κ3) is 4.20. The molecule has 0 atom stereocenters. The Labute approximate surface area is 171 Å². The molecule has 1 fully saturated rings. The van der Waals surface area contributed by atoms with E-state index in [1.165, 1.54) is 11.3 Å². The summed E-state index contributed by atoms with van der Waals surface area (Å²) < 4.78 is 0. The van der Waals surface area contributed by atoms with Crippen molar-refractivity contribution < 1.29 is 0 Å². The minimum Gasteiger partial charge on any atom is -0.368 e. The summed E-state index contributed by atoms with van der Waals surface area (Å²) in [6.07, 6.45) is 1.80. The maximum atomic E-state index is 6.21. The van der Waals surface area contributed by atoms with E-state index >= 15 is 0 Å². The maximum absolute atomic E-state index is 6.21. The summed E-state index contributed by atoms with van der Waals surface area (Å²) >= 11 is 6.21. The Morgan fingerprint density at radius 1 is 0.929 bits per heavy atom. The highest BCUT2D eigenvalue weighted by molar-refractivity contribution is 6.31. The second-order valence-corrected chi connectivity index (χ2v) is 7.55. The lowest BCUT2D eigenvalue weighted by atomic mass is 10.2. The van der Waals surface area contributed by atoms with Gasteiger partial charge in [-0.2, -0.15) is 4.98 Å². The highest BCUT2D eigenvalue weighted by Gasteiger charge is 2.19. The Hall–Kier alpha value is -2.79. The summed E-state index contributed by atoms with van der Waals surface area (Å²) in [5.41, 5.74) is 4.52. The third-order valence-corrected chi connectivity index (χ3v) is 5.45. The minimum atomic E-state index is 0.582. The molecule has 1 aromatic heterocycles. The van der Waals surface area contributed by atoms with E-state index in [-0.39, 0.29) is 0 Å². The van der Waals surface area contributed by atoms with Gasteiger partial charge in [-0.05, 0) is 55.3 Å². The van der Waals surface area contributed by atoms with Gasteiger partial charge in [0.15, 0.2) is 0 Å². The second kappa shape index (κ2) is 8.07. The number of nitrogens with zero attached hydrogens (tertiary/aromatic N) is 4. The van der Waals surface area contributed by atoms with Crippen LogP contribution in [-0.2, 0) is 0 Å². The number of aryl methyl sites for hydroxylation is 2. The molecule has 0 radical (unpaired) electrons. The monoisotopic (exact) mass is 393 g/mol. The number of hydrogen-bond acceptors (Lipinski definition) is 5. The first-order valence-electron chi connectivity index (χ1n) is 9.51. The molecule has 5 nitrogen and oxygen atoms in total. The van der Waals surface area contributed by atoms with Crippen molar-refractivity contribution in [1.82, 2.24) is 9.97 Å². The molecular formula is C22H24ClN5. The van der Waals surface area contributed by atoms with E-state index in [9.17, 15) is 0 Å². The zero-order valence-corrected chi connectivity index (χ0v) is 16.9. The van der Waals surface area contributed by atoms with Crippen LogP contribution in [0.5, 0.6) is 0 Å². The van der Waals surface area contributed by atoms with E-state index in [4.69, 9.17) is 16.6 Å². The zero-order chi connectivity index (χ0) is 19.5. The highest BCUT2D eigenvalue weighted by Crippen LogP contribution is 2.24. The summed E-state index contributed by atoms with van der Waals surface area (Å²) in [5, 5.41) is 3.98. The first-order valence-corrected chi connectivity index (χ1v) is 9.89. The average molecular weight is 394 g/mol. The van der Waals surface area contributed by atoms with Crippen molar-refractivity contribution in [2.24, 2.45) is 0 Å². The fourth-order valence-corrected chi connectivity index (χ4v) is 3.58. The van der Waals surface area contributed by atoms with Gasteiger partial charge in [0.1, 0.15) is 5.82 Å². The second-order valence-electron chi connectivity index (χ2n) is 7.14. The first-order chi connectivity index (χ1) is 13.6. The van der Waals surface area contributed by atoms with E-state index in [1.54, 1.807) is 6.20 Å². The molecule has 6 heteroatoms. The summed E-state index contributed by atoms with van der Waals surface area (Å²) in [4.78, 5) is 13.8. The average Bonchev–Trinajstić information content (AvgIpc) is 2.71. The number of nitrogens with one attached hydrogen (secondary N) is 1. The van der Waals surface area contributed by atoms with Gasteiger partial charge in [0, 0.05) is 48.8 Å². The van der Waals surface area contributed by atoms with Gasteiger partial charge in [-0.15, -0.1) is 0 Å². The topological polar surface area (TPSA) is 44.3 Å². The van der Waals surface area contributed by atoms with Crippen LogP contribution in [0.15, 0.2) is 54.7 Å². The highest BCUT2D eigenvalue weighted by atomic mass is 35.5. The van der Waals surface area contributed by atoms with Gasteiger partial charge in [-0.3, -0.25) is 0 Å². The van der Waals surface area contributed by atoms with Crippen molar-refractivity contribution in [2.75, 3.05) is 41.3 Å². The number of aromatic nitrogens is 2. The molecule has 28 heavy (non-hydrogen) atoms. The fraction of sp³-hybridized carbons (Fsp3) is 0.273. The Kier molecular flexibility index (Phi) is 5.35. The maximum Gasteiger partial charge on any atom is 0.229 e. The fourth-order valence-electron chi connectivity index (χ4n) is 3.40. The van der Waals surface area contributed by atoms with Crippen molar-refractivity contribution >= 4 is 34.7 Å². The Balaban J connectivity index is 1.43. The number of benzene rings is 2. The lowest BCUT2D eigenvalue weighted by Crippen LogP contribution is -2.46. The summed E-state index contributed by atoms with van der Waals surface area (Å²) in [6, 6.07) is 16.5. The molecule has 0 bridgehead atoms. The van der Waals surface area contributed by atoms with Crippen molar-refractivity contribution in [1.29, 1.82) is 0 Å². The van der Waals surface area contributed by atoms with Gasteiger partial charge in [0.05, 0.1) is 0 Å². The lowest BCUT2D eigenvalue weighted by Gasteiger charge is -2.36. The van der Waals surface area contributed by atoms with E-state index in [1.807, 2.05) is 31.2 Å². The quantitative estimate of drug-likeness (QED) is 0.688. The zero-order valence-electron chi connectivity index (χ0n) is 16.2. The van der Waals surface area contributed by atoms with Crippen LogP contribution in [0.2, 0.25) is 5.02 Å². The number of piperazine rings is 1. The Bertz CT molecular complexity index is 967. The molecule has 1 aliphatic heterocycles. The predicted molar refractivity (Wildman–Crippen MR) is 117 cm³/mol. The molecule has 0 unspecified atom stereocenters. The van der Waals surface area contributed by atoms with Gasteiger partial charge < -0.3 is 15.1 Å². The van der Waals surface area contributed by atoms with Gasteiger partial charge in [0.2, 0.25) is 5.95 Å². The molecule has 1 N–H and O–H groups in total. The van der Waals surface area contributed by atoms with Crippen molar-refractivity contribution in [3.8, 4) is 0 Å². The number of rotatable bonds is 4. The van der Waals surface area contributed by atoms with Crippen LogP contribution in [-0.4, -0.2) is 36.1 Å². The molecule has 144 valence electrons.